The second-order valence-electron chi connectivity index (χ2n) is 4.99. The molecule has 3 aromatic rings. The van der Waals surface area contributed by atoms with E-state index in [1.807, 2.05) is 19.1 Å². The maximum absolute atomic E-state index is 11.9. The van der Waals surface area contributed by atoms with Crippen LogP contribution >= 0.6 is 0 Å². The maximum atomic E-state index is 11.9. The van der Waals surface area contributed by atoms with Gasteiger partial charge in [0.1, 0.15) is 6.07 Å². The molecule has 0 aliphatic heterocycles. The molecule has 0 spiro atoms. The number of nitriles is 1. The van der Waals surface area contributed by atoms with Gasteiger partial charge in [0.25, 0.3) is 5.56 Å². The van der Waals surface area contributed by atoms with Gasteiger partial charge in [-0.2, -0.15) is 10.4 Å². The first kappa shape index (κ1) is 13.9. The largest absolute Gasteiger partial charge is 0.325 e. The van der Waals surface area contributed by atoms with Crippen molar-refractivity contribution in [3.63, 3.8) is 0 Å². The summed E-state index contributed by atoms with van der Waals surface area (Å²) in [5, 5.41) is 16.7. The molecule has 0 aliphatic carbocycles. The Hall–Kier alpha value is -3.04. The van der Waals surface area contributed by atoms with Gasteiger partial charge in [-0.15, -0.1) is 0 Å². The average molecular weight is 291 g/mol. The van der Waals surface area contributed by atoms with Crippen LogP contribution in [0, 0.1) is 18.3 Å². The third-order valence-corrected chi connectivity index (χ3v) is 3.58. The number of nitrogens with one attached hydrogen (secondary N) is 1. The van der Waals surface area contributed by atoms with E-state index in [2.05, 4.69) is 21.3 Å². The third kappa shape index (κ3) is 2.24. The van der Waals surface area contributed by atoms with Crippen molar-refractivity contribution in [2.75, 3.05) is 0 Å². The van der Waals surface area contributed by atoms with Crippen LogP contribution in [-0.2, 0) is 6.54 Å². The van der Waals surface area contributed by atoms with Crippen LogP contribution in [0.2, 0.25) is 0 Å². The van der Waals surface area contributed by atoms with Gasteiger partial charge in [-0.3, -0.25) is 9.78 Å². The van der Waals surface area contributed by atoms with Gasteiger partial charge < -0.3 is 5.73 Å². The number of pyridine rings is 1. The van der Waals surface area contributed by atoms with Crippen molar-refractivity contribution in [1.82, 2.24) is 15.2 Å². The number of nitrogens with zero attached hydrogens (tertiary/aromatic N) is 3. The van der Waals surface area contributed by atoms with Crippen LogP contribution in [0.3, 0.4) is 0 Å². The maximum Gasteiger partial charge on any atom is 0.272 e. The number of rotatable bonds is 2. The van der Waals surface area contributed by atoms with Gasteiger partial charge in [0.05, 0.1) is 16.6 Å². The lowest BCUT2D eigenvalue weighted by atomic mass is 9.97. The van der Waals surface area contributed by atoms with Crippen molar-refractivity contribution in [3.05, 3.63) is 57.8 Å². The van der Waals surface area contributed by atoms with Crippen LogP contribution in [0.15, 0.2) is 35.4 Å². The summed E-state index contributed by atoms with van der Waals surface area (Å²) >= 11 is 0. The van der Waals surface area contributed by atoms with Crippen LogP contribution in [0.4, 0.5) is 0 Å². The van der Waals surface area contributed by atoms with Crippen LogP contribution in [0.25, 0.3) is 21.9 Å². The smallest absolute Gasteiger partial charge is 0.272 e. The summed E-state index contributed by atoms with van der Waals surface area (Å²) in [4.78, 5) is 16.0. The van der Waals surface area contributed by atoms with Crippen LogP contribution in [0.1, 0.15) is 16.8 Å². The molecule has 0 unspecified atom stereocenters. The number of fused-ring (bicyclic) bond motifs is 1. The van der Waals surface area contributed by atoms with Gasteiger partial charge in [-0.1, -0.05) is 0 Å². The van der Waals surface area contributed by atoms with E-state index in [0.717, 1.165) is 16.7 Å². The highest BCUT2D eigenvalue weighted by molar-refractivity contribution is 5.90. The quantitative estimate of drug-likeness (QED) is 0.745. The third-order valence-electron chi connectivity index (χ3n) is 3.58. The Balaban J connectivity index is 2.33. The fraction of sp³-hybridized carbons (Fsp3) is 0.125. The Kier molecular flexibility index (Phi) is 3.41. The van der Waals surface area contributed by atoms with Crippen molar-refractivity contribution in [2.45, 2.75) is 13.5 Å². The first-order chi connectivity index (χ1) is 10.6. The molecule has 6 heteroatoms. The van der Waals surface area contributed by atoms with Crippen LogP contribution in [-0.4, -0.2) is 15.2 Å². The molecular weight excluding hydrogens is 278 g/mol. The summed E-state index contributed by atoms with van der Waals surface area (Å²) in [7, 11) is 0. The number of aromatic nitrogens is 3. The van der Waals surface area contributed by atoms with E-state index < -0.39 is 0 Å². The summed E-state index contributed by atoms with van der Waals surface area (Å²) in [5.41, 5.74) is 9.21. The van der Waals surface area contributed by atoms with E-state index in [1.54, 1.807) is 12.3 Å². The van der Waals surface area contributed by atoms with Crippen molar-refractivity contribution < 1.29 is 0 Å². The van der Waals surface area contributed by atoms with Gasteiger partial charge in [0.2, 0.25) is 0 Å². The summed E-state index contributed by atoms with van der Waals surface area (Å²) < 4.78 is 0. The van der Waals surface area contributed by atoms with Gasteiger partial charge in [0, 0.05) is 29.9 Å². The molecule has 22 heavy (non-hydrogen) atoms. The highest BCUT2D eigenvalue weighted by Gasteiger charge is 2.11. The molecule has 0 saturated carbocycles. The molecule has 0 aliphatic rings. The molecule has 2 aromatic heterocycles. The first-order valence-corrected chi connectivity index (χ1v) is 6.71. The summed E-state index contributed by atoms with van der Waals surface area (Å²) in [6, 6.07) is 7.53. The van der Waals surface area contributed by atoms with Gasteiger partial charge in [0.15, 0.2) is 0 Å². The lowest BCUT2D eigenvalue weighted by molar-refractivity contribution is 0.900. The van der Waals surface area contributed by atoms with E-state index in [0.29, 0.717) is 22.0 Å². The van der Waals surface area contributed by atoms with Gasteiger partial charge in [-0.25, -0.2) is 5.10 Å². The highest BCUT2D eigenvalue weighted by atomic mass is 16.1. The zero-order valence-electron chi connectivity index (χ0n) is 11.9. The normalized spacial score (nSPS) is 10.6. The molecule has 3 rings (SSSR count). The van der Waals surface area contributed by atoms with E-state index >= 15 is 0 Å². The zero-order chi connectivity index (χ0) is 15.7. The number of H-pyrrole nitrogens is 1. The number of hydrogen-bond donors (Lipinski definition) is 2. The topological polar surface area (TPSA) is 108 Å². The standard InChI is InChI=1S/C16H13N5O/c1-9-2-14-13(15(6-18)20-21-16(14)22)4-12(9)11-3-10(5-17)7-19-8-11/h2-4,7-8H,6,18H2,1H3,(H,21,22). The van der Waals surface area contributed by atoms with Crippen molar-refractivity contribution >= 4 is 10.8 Å². The molecule has 0 amide bonds. The van der Waals surface area contributed by atoms with Gasteiger partial charge >= 0.3 is 0 Å². The molecule has 0 saturated heterocycles. The molecular formula is C16H13N5O. The minimum Gasteiger partial charge on any atom is -0.325 e. The summed E-state index contributed by atoms with van der Waals surface area (Å²) in [6.45, 7) is 2.14. The first-order valence-electron chi connectivity index (χ1n) is 6.71. The Morgan fingerprint density at radius 1 is 1.27 bits per heavy atom. The number of hydrogen-bond acceptors (Lipinski definition) is 5. The van der Waals surface area contributed by atoms with E-state index in [4.69, 9.17) is 11.0 Å². The molecule has 0 fully saturated rings. The van der Waals surface area contributed by atoms with Crippen molar-refractivity contribution in [3.8, 4) is 17.2 Å². The molecule has 2 heterocycles. The molecule has 0 atom stereocenters. The molecule has 108 valence electrons. The molecule has 3 N–H and O–H groups in total. The minimum atomic E-state index is -0.245. The number of benzene rings is 1. The van der Waals surface area contributed by atoms with E-state index in [-0.39, 0.29) is 12.1 Å². The lowest BCUT2D eigenvalue weighted by Crippen LogP contribution is -2.13. The Morgan fingerprint density at radius 2 is 2.09 bits per heavy atom. The Bertz CT molecular complexity index is 968. The number of nitrogens with two attached hydrogens (primary N) is 1. The summed E-state index contributed by atoms with van der Waals surface area (Å²) in [6.07, 6.45) is 3.20. The highest BCUT2D eigenvalue weighted by Crippen LogP contribution is 2.28. The molecule has 1 aromatic carbocycles. The Morgan fingerprint density at radius 3 is 2.82 bits per heavy atom. The minimum absolute atomic E-state index is 0.228. The zero-order valence-corrected chi connectivity index (χ0v) is 11.9. The number of aromatic amines is 1. The fourth-order valence-corrected chi connectivity index (χ4v) is 2.49. The fourth-order valence-electron chi connectivity index (χ4n) is 2.49. The second-order valence-corrected chi connectivity index (χ2v) is 4.99. The van der Waals surface area contributed by atoms with Crippen molar-refractivity contribution in [2.24, 2.45) is 5.73 Å². The number of aryl methyl sites for hydroxylation is 1. The predicted octanol–water partition coefficient (Wildman–Crippen LogP) is 1.62. The summed E-state index contributed by atoms with van der Waals surface area (Å²) in [5.74, 6) is 0. The lowest BCUT2D eigenvalue weighted by Gasteiger charge is -2.10. The van der Waals surface area contributed by atoms with Crippen LogP contribution < -0.4 is 11.3 Å². The average Bonchev–Trinajstić information content (AvgIpc) is 2.55. The van der Waals surface area contributed by atoms with Crippen molar-refractivity contribution in [1.29, 1.82) is 5.26 Å². The predicted molar refractivity (Wildman–Crippen MR) is 82.9 cm³/mol. The molecule has 0 bridgehead atoms. The van der Waals surface area contributed by atoms with E-state index in [9.17, 15) is 4.79 Å². The van der Waals surface area contributed by atoms with E-state index in [1.165, 1.54) is 6.20 Å². The molecule has 0 radical (unpaired) electrons. The van der Waals surface area contributed by atoms with Crippen LogP contribution in [0.5, 0.6) is 0 Å². The second kappa shape index (κ2) is 5.39. The SMILES string of the molecule is Cc1cc2c(=O)[nH]nc(CN)c2cc1-c1cncc(C#N)c1. The Labute approximate surface area is 126 Å². The monoisotopic (exact) mass is 291 g/mol. The van der Waals surface area contributed by atoms with Gasteiger partial charge in [-0.05, 0) is 36.2 Å². The molecule has 6 nitrogen and oxygen atoms in total.